The first kappa shape index (κ1) is 11.4. The van der Waals surface area contributed by atoms with Crippen molar-refractivity contribution >= 4 is 5.82 Å². The Morgan fingerprint density at radius 2 is 2.12 bits per heavy atom. The van der Waals surface area contributed by atoms with Crippen molar-refractivity contribution in [2.75, 3.05) is 25.1 Å². The number of aryl methyl sites for hydroxylation is 1. The van der Waals surface area contributed by atoms with Crippen molar-refractivity contribution in [3.05, 3.63) is 23.9 Å². The van der Waals surface area contributed by atoms with Crippen LogP contribution < -0.4 is 5.32 Å². The third-order valence-corrected chi connectivity index (χ3v) is 2.67. The second kappa shape index (κ2) is 4.80. The molecular formula is C12H18N2O2. The van der Waals surface area contributed by atoms with Crippen LogP contribution in [-0.4, -0.2) is 30.5 Å². The van der Waals surface area contributed by atoms with Crippen molar-refractivity contribution < 1.29 is 9.47 Å². The molecule has 1 aliphatic heterocycles. The normalized spacial score (nSPS) is 18.6. The molecule has 1 aromatic heterocycles. The van der Waals surface area contributed by atoms with Crippen LogP contribution in [0.5, 0.6) is 0 Å². The summed E-state index contributed by atoms with van der Waals surface area (Å²) in [5.74, 6) is 0.484. The standard InChI is InChI=1S/C12H18N2O2/c1-10-4-3-5-11(14-10)13-7-6-12(2)15-8-9-16-12/h3-5H,6-9H2,1-2H3,(H,13,14). The van der Waals surface area contributed by atoms with Crippen LogP contribution in [0.1, 0.15) is 19.0 Å². The second-order valence-corrected chi connectivity index (χ2v) is 4.17. The lowest BCUT2D eigenvalue weighted by atomic mass is 10.2. The van der Waals surface area contributed by atoms with E-state index < -0.39 is 5.79 Å². The van der Waals surface area contributed by atoms with Crippen LogP contribution in [0.25, 0.3) is 0 Å². The predicted octanol–water partition coefficient (Wildman–Crippen LogP) is 1.96. The van der Waals surface area contributed by atoms with Crippen molar-refractivity contribution in [1.82, 2.24) is 4.98 Å². The molecule has 0 unspecified atom stereocenters. The molecule has 0 amide bonds. The molecule has 1 N–H and O–H groups in total. The van der Waals surface area contributed by atoms with E-state index in [1.54, 1.807) is 0 Å². The van der Waals surface area contributed by atoms with Crippen molar-refractivity contribution in [3.63, 3.8) is 0 Å². The Kier molecular flexibility index (Phi) is 3.41. The highest BCUT2D eigenvalue weighted by molar-refractivity contribution is 5.34. The molecule has 0 aliphatic carbocycles. The molecule has 0 saturated carbocycles. The fourth-order valence-electron chi connectivity index (χ4n) is 1.76. The zero-order valence-electron chi connectivity index (χ0n) is 9.82. The van der Waals surface area contributed by atoms with Gasteiger partial charge in [-0.05, 0) is 26.0 Å². The Balaban J connectivity index is 1.79. The lowest BCUT2D eigenvalue weighted by Gasteiger charge is -2.22. The van der Waals surface area contributed by atoms with E-state index in [0.717, 1.165) is 24.5 Å². The number of nitrogens with zero attached hydrogens (tertiary/aromatic N) is 1. The van der Waals surface area contributed by atoms with E-state index >= 15 is 0 Å². The topological polar surface area (TPSA) is 43.4 Å². The second-order valence-electron chi connectivity index (χ2n) is 4.17. The van der Waals surface area contributed by atoms with Gasteiger partial charge in [-0.25, -0.2) is 4.98 Å². The van der Waals surface area contributed by atoms with E-state index in [1.807, 2.05) is 32.0 Å². The van der Waals surface area contributed by atoms with Gasteiger partial charge in [-0.15, -0.1) is 0 Å². The SMILES string of the molecule is Cc1cccc(NCCC2(C)OCCO2)n1. The molecule has 4 nitrogen and oxygen atoms in total. The third-order valence-electron chi connectivity index (χ3n) is 2.67. The highest BCUT2D eigenvalue weighted by Gasteiger charge is 2.30. The number of rotatable bonds is 4. The molecule has 1 aromatic rings. The summed E-state index contributed by atoms with van der Waals surface area (Å²) in [6.07, 6.45) is 0.822. The van der Waals surface area contributed by atoms with E-state index in [4.69, 9.17) is 9.47 Å². The molecule has 1 saturated heterocycles. The molecule has 0 atom stereocenters. The lowest BCUT2D eigenvalue weighted by Crippen LogP contribution is -2.28. The van der Waals surface area contributed by atoms with E-state index in [0.29, 0.717) is 13.2 Å². The number of nitrogens with one attached hydrogen (secondary N) is 1. The summed E-state index contributed by atoms with van der Waals surface area (Å²) in [5.41, 5.74) is 1.02. The lowest BCUT2D eigenvalue weighted by molar-refractivity contribution is -0.144. The molecule has 4 heteroatoms. The minimum Gasteiger partial charge on any atom is -0.370 e. The van der Waals surface area contributed by atoms with Gasteiger partial charge in [0.25, 0.3) is 0 Å². The first-order chi connectivity index (χ1) is 7.68. The molecule has 0 bridgehead atoms. The first-order valence-electron chi connectivity index (χ1n) is 5.63. The third kappa shape index (κ3) is 2.93. The highest BCUT2D eigenvalue weighted by Crippen LogP contribution is 2.22. The average molecular weight is 222 g/mol. The van der Waals surface area contributed by atoms with E-state index in [2.05, 4.69) is 10.3 Å². The molecule has 0 aromatic carbocycles. The summed E-state index contributed by atoms with van der Waals surface area (Å²) >= 11 is 0. The average Bonchev–Trinajstić information content (AvgIpc) is 2.65. The summed E-state index contributed by atoms with van der Waals surface area (Å²) in [4.78, 5) is 4.37. The highest BCUT2D eigenvalue weighted by atomic mass is 16.7. The van der Waals surface area contributed by atoms with E-state index in [1.165, 1.54) is 0 Å². The molecule has 1 fully saturated rings. The number of aromatic nitrogens is 1. The summed E-state index contributed by atoms with van der Waals surface area (Å²) in [5, 5.41) is 3.27. The van der Waals surface area contributed by atoms with Gasteiger partial charge in [0, 0.05) is 18.7 Å². The molecule has 1 aliphatic rings. The molecular weight excluding hydrogens is 204 g/mol. The smallest absolute Gasteiger partial charge is 0.167 e. The van der Waals surface area contributed by atoms with E-state index in [9.17, 15) is 0 Å². The maximum Gasteiger partial charge on any atom is 0.167 e. The largest absolute Gasteiger partial charge is 0.370 e. The zero-order valence-corrected chi connectivity index (χ0v) is 9.82. The Morgan fingerprint density at radius 1 is 1.38 bits per heavy atom. The number of hydrogen-bond acceptors (Lipinski definition) is 4. The van der Waals surface area contributed by atoms with Crippen LogP contribution in [0.4, 0.5) is 5.82 Å². The maximum absolute atomic E-state index is 5.52. The summed E-state index contributed by atoms with van der Waals surface area (Å²) in [7, 11) is 0. The Labute approximate surface area is 96.0 Å². The molecule has 2 rings (SSSR count). The van der Waals surface area contributed by atoms with Gasteiger partial charge in [0.05, 0.1) is 13.2 Å². The van der Waals surface area contributed by atoms with Crippen LogP contribution in [0.2, 0.25) is 0 Å². The van der Waals surface area contributed by atoms with Crippen LogP contribution in [-0.2, 0) is 9.47 Å². The van der Waals surface area contributed by atoms with Crippen LogP contribution in [0.3, 0.4) is 0 Å². The maximum atomic E-state index is 5.52. The van der Waals surface area contributed by atoms with Gasteiger partial charge in [0.15, 0.2) is 5.79 Å². The summed E-state index contributed by atoms with van der Waals surface area (Å²) < 4.78 is 11.0. The number of hydrogen-bond donors (Lipinski definition) is 1. The molecule has 0 spiro atoms. The quantitative estimate of drug-likeness (QED) is 0.845. The monoisotopic (exact) mass is 222 g/mol. The van der Waals surface area contributed by atoms with Crippen LogP contribution in [0, 0.1) is 6.92 Å². The van der Waals surface area contributed by atoms with Crippen molar-refractivity contribution in [2.24, 2.45) is 0 Å². The number of anilines is 1. The van der Waals surface area contributed by atoms with Crippen molar-refractivity contribution in [1.29, 1.82) is 0 Å². The van der Waals surface area contributed by atoms with Gasteiger partial charge in [-0.2, -0.15) is 0 Å². The fourth-order valence-corrected chi connectivity index (χ4v) is 1.76. The number of ether oxygens (including phenoxy) is 2. The molecule has 2 heterocycles. The Hall–Kier alpha value is -1.13. The summed E-state index contributed by atoms with van der Waals surface area (Å²) in [6, 6.07) is 5.94. The number of pyridine rings is 1. The van der Waals surface area contributed by atoms with Gasteiger partial charge in [-0.1, -0.05) is 6.07 Å². The Bertz CT molecular complexity index is 349. The minimum absolute atomic E-state index is 0.420. The van der Waals surface area contributed by atoms with Gasteiger partial charge in [0.1, 0.15) is 5.82 Å². The van der Waals surface area contributed by atoms with Crippen molar-refractivity contribution in [3.8, 4) is 0 Å². The van der Waals surface area contributed by atoms with Gasteiger partial charge < -0.3 is 14.8 Å². The molecule has 88 valence electrons. The fraction of sp³-hybridized carbons (Fsp3) is 0.583. The minimum atomic E-state index is -0.420. The molecule has 16 heavy (non-hydrogen) atoms. The van der Waals surface area contributed by atoms with Gasteiger partial charge in [-0.3, -0.25) is 0 Å². The van der Waals surface area contributed by atoms with Gasteiger partial charge in [0.2, 0.25) is 0 Å². The van der Waals surface area contributed by atoms with Crippen LogP contribution in [0.15, 0.2) is 18.2 Å². The van der Waals surface area contributed by atoms with Gasteiger partial charge >= 0.3 is 0 Å². The Morgan fingerprint density at radius 3 is 2.81 bits per heavy atom. The zero-order chi connectivity index (χ0) is 11.4. The first-order valence-corrected chi connectivity index (χ1v) is 5.63. The predicted molar refractivity (Wildman–Crippen MR) is 62.4 cm³/mol. The van der Waals surface area contributed by atoms with Crippen molar-refractivity contribution in [2.45, 2.75) is 26.1 Å². The molecule has 0 radical (unpaired) electrons. The van der Waals surface area contributed by atoms with Crippen LogP contribution >= 0.6 is 0 Å². The van der Waals surface area contributed by atoms with E-state index in [-0.39, 0.29) is 0 Å². The summed E-state index contributed by atoms with van der Waals surface area (Å²) in [6.45, 7) is 6.15.